The van der Waals surface area contributed by atoms with Crippen molar-refractivity contribution < 1.29 is 28.5 Å². The number of aromatic amines is 1. The fraction of sp³-hybridized carbons (Fsp3) is 0.310. The molecule has 1 unspecified atom stereocenters. The van der Waals surface area contributed by atoms with Gasteiger partial charge in [0, 0.05) is 30.8 Å². The third-order valence-electron chi connectivity index (χ3n) is 6.85. The van der Waals surface area contributed by atoms with E-state index in [9.17, 15) is 14.3 Å². The van der Waals surface area contributed by atoms with Gasteiger partial charge in [-0.25, -0.2) is 14.4 Å². The molecular formula is C29H28FN5O5. The second-order valence-electron chi connectivity index (χ2n) is 9.99. The number of rotatable bonds is 6. The Kier molecular flexibility index (Phi) is 7.01. The number of halogens is 1. The van der Waals surface area contributed by atoms with Crippen molar-refractivity contribution in [2.75, 3.05) is 26.3 Å². The van der Waals surface area contributed by atoms with Crippen LogP contribution >= 0.6 is 0 Å². The fourth-order valence-corrected chi connectivity index (χ4v) is 4.76. The Morgan fingerprint density at radius 1 is 1.10 bits per heavy atom. The first-order valence-corrected chi connectivity index (χ1v) is 13.1. The van der Waals surface area contributed by atoms with Crippen molar-refractivity contribution in [3.63, 3.8) is 0 Å². The van der Waals surface area contributed by atoms with Crippen LogP contribution in [0.4, 0.5) is 4.39 Å². The molecule has 2 saturated heterocycles. The minimum atomic E-state index is -1.85. The smallest absolute Gasteiger partial charge is 0.322 e. The van der Waals surface area contributed by atoms with Gasteiger partial charge in [-0.2, -0.15) is 4.98 Å². The molecule has 0 aliphatic carbocycles. The first-order chi connectivity index (χ1) is 19.4. The Morgan fingerprint density at radius 3 is 2.55 bits per heavy atom. The molecule has 0 spiro atoms. The first-order valence-electron chi connectivity index (χ1n) is 13.1. The van der Waals surface area contributed by atoms with E-state index in [2.05, 4.69) is 15.0 Å². The molecule has 0 bridgehead atoms. The molecule has 2 aliphatic rings. The summed E-state index contributed by atoms with van der Waals surface area (Å²) >= 11 is 0. The SMILES string of the molecule is CC1COC(C(=O)N2CCC(O)C2)(c2nc(-c3ccc(F)cc3)c(-c3ccnc(Oc4ccccc4)n3)[nH]2)OC1. The predicted molar refractivity (Wildman–Crippen MR) is 141 cm³/mol. The molecule has 40 heavy (non-hydrogen) atoms. The van der Waals surface area contributed by atoms with Gasteiger partial charge in [0.1, 0.15) is 11.6 Å². The molecule has 2 fully saturated rings. The zero-order valence-electron chi connectivity index (χ0n) is 21.8. The Labute approximate surface area is 229 Å². The van der Waals surface area contributed by atoms with Crippen LogP contribution in [0.25, 0.3) is 22.6 Å². The number of nitrogens with zero attached hydrogens (tertiary/aromatic N) is 4. The van der Waals surface area contributed by atoms with E-state index in [1.54, 1.807) is 36.5 Å². The zero-order valence-corrected chi connectivity index (χ0v) is 21.8. The third kappa shape index (κ3) is 5.06. The highest BCUT2D eigenvalue weighted by molar-refractivity contribution is 5.86. The van der Waals surface area contributed by atoms with Gasteiger partial charge in [0.25, 0.3) is 5.91 Å². The Bertz CT molecular complexity index is 1490. The summed E-state index contributed by atoms with van der Waals surface area (Å²) in [5, 5.41) is 10.1. The first kappa shape index (κ1) is 26.1. The van der Waals surface area contributed by atoms with Crippen molar-refractivity contribution >= 4 is 5.91 Å². The van der Waals surface area contributed by atoms with Crippen LogP contribution in [0.1, 0.15) is 19.2 Å². The second-order valence-corrected chi connectivity index (χ2v) is 9.99. The molecule has 0 saturated carbocycles. The van der Waals surface area contributed by atoms with Gasteiger partial charge in [-0.1, -0.05) is 25.1 Å². The molecule has 1 amide bonds. The second kappa shape index (κ2) is 10.8. The van der Waals surface area contributed by atoms with Crippen molar-refractivity contribution in [1.29, 1.82) is 0 Å². The Hall–Kier alpha value is -4.19. The summed E-state index contributed by atoms with van der Waals surface area (Å²) in [5.41, 5.74) is 1.88. The minimum absolute atomic E-state index is 0.0654. The summed E-state index contributed by atoms with van der Waals surface area (Å²) in [6.45, 7) is 3.04. The molecule has 2 N–H and O–H groups in total. The number of nitrogens with one attached hydrogen (secondary N) is 1. The summed E-state index contributed by atoms with van der Waals surface area (Å²) in [6, 6.07) is 16.8. The molecule has 4 aromatic rings. The number of aliphatic hydroxyl groups excluding tert-OH is 1. The van der Waals surface area contributed by atoms with Gasteiger partial charge in [-0.05, 0) is 48.9 Å². The van der Waals surface area contributed by atoms with Crippen LogP contribution in [0, 0.1) is 11.7 Å². The van der Waals surface area contributed by atoms with Crippen molar-refractivity contribution in [1.82, 2.24) is 24.8 Å². The number of H-pyrrole nitrogens is 1. The van der Waals surface area contributed by atoms with Crippen LogP contribution in [0.3, 0.4) is 0 Å². The highest BCUT2D eigenvalue weighted by atomic mass is 19.1. The number of hydrogen-bond acceptors (Lipinski definition) is 8. The molecular weight excluding hydrogens is 517 g/mol. The lowest BCUT2D eigenvalue weighted by atomic mass is 10.1. The van der Waals surface area contributed by atoms with Gasteiger partial charge in [-0.15, -0.1) is 0 Å². The van der Waals surface area contributed by atoms with Crippen molar-refractivity contribution in [3.05, 3.63) is 78.5 Å². The Balaban J connectivity index is 1.45. The minimum Gasteiger partial charge on any atom is -0.424 e. The predicted octanol–water partition coefficient (Wildman–Crippen LogP) is 3.89. The van der Waals surface area contributed by atoms with Crippen LogP contribution in [-0.2, 0) is 20.1 Å². The number of carbonyl (C=O) groups is 1. The van der Waals surface area contributed by atoms with Gasteiger partial charge in [0.15, 0.2) is 5.82 Å². The molecule has 2 aromatic heterocycles. The number of hydrogen-bond donors (Lipinski definition) is 2. The molecule has 2 aliphatic heterocycles. The van der Waals surface area contributed by atoms with Crippen LogP contribution in [-0.4, -0.2) is 68.3 Å². The molecule has 0 radical (unpaired) electrons. The maximum Gasteiger partial charge on any atom is 0.322 e. The lowest BCUT2D eigenvalue weighted by Gasteiger charge is -2.38. The molecule has 4 heterocycles. The van der Waals surface area contributed by atoms with Crippen molar-refractivity contribution in [2.45, 2.75) is 25.2 Å². The highest BCUT2D eigenvalue weighted by Crippen LogP contribution is 2.38. The number of aliphatic hydroxyl groups is 1. The van der Waals surface area contributed by atoms with E-state index in [0.717, 1.165) is 0 Å². The average molecular weight is 546 g/mol. The highest BCUT2D eigenvalue weighted by Gasteiger charge is 2.52. The molecule has 1 atom stereocenters. The summed E-state index contributed by atoms with van der Waals surface area (Å²) in [6.07, 6.45) is 1.40. The summed E-state index contributed by atoms with van der Waals surface area (Å²) in [4.78, 5) is 32.2. The zero-order chi connectivity index (χ0) is 27.7. The number of amides is 1. The van der Waals surface area contributed by atoms with E-state index < -0.39 is 23.6 Å². The number of aromatic nitrogens is 4. The average Bonchev–Trinajstić information content (AvgIpc) is 3.62. The van der Waals surface area contributed by atoms with E-state index in [-0.39, 0.29) is 37.5 Å². The fourth-order valence-electron chi connectivity index (χ4n) is 4.76. The Morgan fingerprint density at radius 2 is 1.85 bits per heavy atom. The van der Waals surface area contributed by atoms with E-state index in [4.69, 9.17) is 19.2 Å². The maximum atomic E-state index is 13.9. The van der Waals surface area contributed by atoms with Crippen molar-refractivity contribution in [3.8, 4) is 34.4 Å². The number of imidazole rings is 1. The van der Waals surface area contributed by atoms with E-state index in [0.29, 0.717) is 41.4 Å². The van der Waals surface area contributed by atoms with E-state index in [1.807, 2.05) is 25.1 Å². The van der Waals surface area contributed by atoms with E-state index in [1.165, 1.54) is 17.0 Å². The normalized spacial score (nSPS) is 22.8. The summed E-state index contributed by atoms with van der Waals surface area (Å²) in [5.74, 6) is -1.93. The van der Waals surface area contributed by atoms with Gasteiger partial charge in [0.05, 0.1) is 36.4 Å². The van der Waals surface area contributed by atoms with Gasteiger partial charge < -0.3 is 29.2 Å². The molecule has 11 heteroatoms. The number of likely N-dealkylation sites (tertiary alicyclic amines) is 1. The number of carbonyl (C=O) groups excluding carboxylic acids is 1. The lowest BCUT2D eigenvalue weighted by Crippen LogP contribution is -2.54. The van der Waals surface area contributed by atoms with Crippen LogP contribution in [0.2, 0.25) is 0 Å². The van der Waals surface area contributed by atoms with Crippen molar-refractivity contribution in [2.24, 2.45) is 5.92 Å². The summed E-state index contributed by atoms with van der Waals surface area (Å²) < 4.78 is 31.9. The van der Waals surface area contributed by atoms with Gasteiger partial charge in [-0.3, -0.25) is 4.79 Å². The lowest BCUT2D eigenvalue weighted by molar-refractivity contribution is -0.283. The third-order valence-corrected chi connectivity index (χ3v) is 6.85. The van der Waals surface area contributed by atoms with Crippen LogP contribution in [0.15, 0.2) is 66.9 Å². The summed E-state index contributed by atoms with van der Waals surface area (Å²) in [7, 11) is 0. The van der Waals surface area contributed by atoms with Crippen LogP contribution < -0.4 is 4.74 Å². The number of β-amino-alcohol motifs (C(OH)–C–C–N with tert-alkyl or cyclic N) is 1. The topological polar surface area (TPSA) is 123 Å². The van der Waals surface area contributed by atoms with Crippen LogP contribution in [0.5, 0.6) is 11.8 Å². The monoisotopic (exact) mass is 545 g/mol. The largest absolute Gasteiger partial charge is 0.424 e. The number of benzene rings is 2. The molecule has 206 valence electrons. The number of para-hydroxylation sites is 1. The number of ether oxygens (including phenoxy) is 3. The molecule has 6 rings (SSSR count). The van der Waals surface area contributed by atoms with Gasteiger partial charge >= 0.3 is 11.8 Å². The van der Waals surface area contributed by atoms with E-state index >= 15 is 0 Å². The maximum absolute atomic E-state index is 13.9. The van der Waals surface area contributed by atoms with Gasteiger partial charge in [0.2, 0.25) is 0 Å². The standard InChI is InChI=1S/C29H28FN5O5/c1-18-16-38-29(39-17-18,27(37)35-14-12-21(36)15-35)26-33-24(19-7-9-20(30)10-8-19)25(34-26)23-11-13-31-28(32-23)40-22-5-3-2-4-6-22/h2-11,13,18,21,36H,12,14-17H2,1H3,(H,33,34). The quantitative estimate of drug-likeness (QED) is 0.374. The molecule has 10 nitrogen and oxygen atoms in total. The molecule has 2 aromatic carbocycles.